The molecule has 4 aromatic heterocycles. The first-order valence-corrected chi connectivity index (χ1v) is 19.9. The maximum Gasteiger partial charge on any atom is 0.0642 e. The molecule has 8 bridgehead atoms. The zero-order chi connectivity index (χ0) is 35.3. The summed E-state index contributed by atoms with van der Waals surface area (Å²) in [5.74, 6) is 0. The molecule has 0 unspecified atom stereocenters. The molecule has 4 aromatic carbocycles. The van der Waals surface area contributed by atoms with Crippen LogP contribution in [0.4, 0.5) is 0 Å². The highest BCUT2D eigenvalue weighted by Gasteiger charge is 2.22. The Kier molecular flexibility index (Phi) is 8.79. The Morgan fingerprint density at radius 2 is 0.462 bits per heavy atom. The van der Waals surface area contributed by atoms with Gasteiger partial charge in [-0.05, 0) is 110 Å². The third-order valence-electron chi connectivity index (χ3n) is 9.46. The fourth-order valence-electron chi connectivity index (χ4n) is 7.13. The molecule has 4 nitrogen and oxygen atoms in total. The molecule has 52 heavy (non-hydrogen) atoms. The van der Waals surface area contributed by atoms with Crippen LogP contribution in [0.1, 0.15) is 45.0 Å². The number of aromatic nitrogens is 4. The van der Waals surface area contributed by atoms with Crippen LogP contribution >= 0.6 is 63.7 Å². The number of fused-ring (bicyclic) bond motifs is 8. The Hall–Kier alpha value is -4.60. The number of rotatable bonds is 4. The standard InChI is InChI=1S/C44H28Br4N4/c45-37-38(46)42-35(27-17-9-3-10-18-27)31-23-24-32(50-31)36(28-19-11-4-12-20-28)44-40(48)39(47)43(52-44)34(26-15-7-2-8-16-26)30-22-21-29(49-30)33(41(37)51-42)25-13-5-1-6-14-25/h1-24,49-52H/b33-29?,34-30?,35-31?,36-32?,41-33-,42-35-,43-34-,44-36+. The van der Waals surface area contributed by atoms with Crippen LogP contribution in [-0.2, 0) is 0 Å². The van der Waals surface area contributed by atoms with Crippen LogP contribution in [0.2, 0.25) is 0 Å². The smallest absolute Gasteiger partial charge is 0.0642 e. The molecule has 8 heteroatoms. The first-order valence-electron chi connectivity index (χ1n) is 16.7. The van der Waals surface area contributed by atoms with Crippen LogP contribution < -0.4 is 21.4 Å². The summed E-state index contributed by atoms with van der Waals surface area (Å²) in [6.45, 7) is 0. The Morgan fingerprint density at radius 1 is 0.250 bits per heavy atom. The van der Waals surface area contributed by atoms with Gasteiger partial charge < -0.3 is 19.9 Å². The van der Waals surface area contributed by atoms with Crippen molar-refractivity contribution in [1.82, 2.24) is 19.9 Å². The lowest BCUT2D eigenvalue weighted by Crippen LogP contribution is -2.20. The Labute approximate surface area is 333 Å². The van der Waals surface area contributed by atoms with E-state index in [1.807, 2.05) is 0 Å². The van der Waals surface area contributed by atoms with Crippen molar-refractivity contribution in [1.29, 1.82) is 0 Å². The van der Waals surface area contributed by atoms with Crippen molar-refractivity contribution in [2.45, 2.75) is 0 Å². The van der Waals surface area contributed by atoms with Gasteiger partial charge in [-0.25, -0.2) is 0 Å². The van der Waals surface area contributed by atoms with Crippen molar-refractivity contribution in [3.8, 4) is 0 Å². The van der Waals surface area contributed by atoms with Gasteiger partial charge in [0.1, 0.15) is 0 Å². The number of H-pyrrole nitrogens is 4. The lowest BCUT2D eigenvalue weighted by molar-refractivity contribution is 1.18. The summed E-state index contributed by atoms with van der Waals surface area (Å²) in [5, 5.41) is 3.82. The van der Waals surface area contributed by atoms with Gasteiger partial charge in [0.2, 0.25) is 0 Å². The lowest BCUT2D eigenvalue weighted by Gasteiger charge is -2.10. The van der Waals surface area contributed by atoms with E-state index in [1.54, 1.807) is 0 Å². The lowest BCUT2D eigenvalue weighted by atomic mass is 10.0. The summed E-state index contributed by atoms with van der Waals surface area (Å²) in [6.07, 6.45) is 0. The highest BCUT2D eigenvalue weighted by molar-refractivity contribution is 9.13. The van der Waals surface area contributed by atoms with Gasteiger partial charge in [-0.3, -0.25) is 0 Å². The molecule has 0 spiro atoms. The molecule has 0 amide bonds. The summed E-state index contributed by atoms with van der Waals surface area (Å²) in [7, 11) is 0. The molecule has 252 valence electrons. The zero-order valence-electron chi connectivity index (χ0n) is 27.4. The number of hydrogen-bond acceptors (Lipinski definition) is 0. The molecular weight excluding hydrogens is 904 g/mol. The van der Waals surface area contributed by atoms with Crippen LogP contribution in [0.15, 0.2) is 163 Å². The van der Waals surface area contributed by atoms with Crippen LogP contribution in [-0.4, -0.2) is 19.9 Å². The average Bonchev–Trinajstić information content (AvgIpc) is 3.98. The molecule has 4 N–H and O–H groups in total. The van der Waals surface area contributed by atoms with E-state index >= 15 is 0 Å². The molecular formula is C44H28Br4N4. The molecule has 1 aliphatic heterocycles. The second kappa shape index (κ2) is 13.7. The van der Waals surface area contributed by atoms with E-state index in [-0.39, 0.29) is 0 Å². The highest BCUT2D eigenvalue weighted by Crippen LogP contribution is 2.31. The first-order chi connectivity index (χ1) is 25.5. The van der Waals surface area contributed by atoms with E-state index in [1.165, 1.54) is 0 Å². The first kappa shape index (κ1) is 33.3. The van der Waals surface area contributed by atoms with Crippen molar-refractivity contribution in [3.05, 3.63) is 230 Å². The molecule has 1 aliphatic rings. The van der Waals surface area contributed by atoms with Crippen molar-refractivity contribution in [2.24, 2.45) is 0 Å². The SMILES string of the molecule is Brc1c(Br)/c2[nH]/c1=C(/c1ccccc1)c1ccc([nH]1)/C(c1ccccc1)=c1\[nH]/c(c(Br)c1Br)=C(\c1ccccc1)c1ccc([nH]1)\C=2c1ccccc1. The Bertz CT molecular complexity index is 2480. The molecule has 0 atom stereocenters. The second-order valence-electron chi connectivity index (χ2n) is 12.5. The maximum atomic E-state index is 4.03. The highest BCUT2D eigenvalue weighted by atomic mass is 79.9. The molecule has 8 aromatic rings. The quantitative estimate of drug-likeness (QED) is 0.136. The number of nitrogens with one attached hydrogen (secondary N) is 4. The normalized spacial score (nSPS) is 17.0. The number of hydrogen-bond donors (Lipinski definition) is 4. The van der Waals surface area contributed by atoms with Crippen LogP contribution in [0.5, 0.6) is 0 Å². The minimum Gasteiger partial charge on any atom is -0.354 e. The largest absolute Gasteiger partial charge is 0.354 e. The van der Waals surface area contributed by atoms with E-state index in [0.717, 1.165) is 107 Å². The topological polar surface area (TPSA) is 63.2 Å². The Morgan fingerprint density at radius 3 is 0.673 bits per heavy atom. The van der Waals surface area contributed by atoms with Gasteiger partial charge >= 0.3 is 0 Å². The van der Waals surface area contributed by atoms with Gasteiger partial charge in [-0.2, -0.15) is 0 Å². The van der Waals surface area contributed by atoms with Crippen molar-refractivity contribution in [3.63, 3.8) is 0 Å². The van der Waals surface area contributed by atoms with Gasteiger partial charge in [0, 0.05) is 45.1 Å². The molecule has 0 fully saturated rings. The fourth-order valence-corrected chi connectivity index (χ4v) is 9.11. The van der Waals surface area contributed by atoms with Gasteiger partial charge in [-0.15, -0.1) is 0 Å². The van der Waals surface area contributed by atoms with Crippen LogP contribution in [0, 0.1) is 0 Å². The van der Waals surface area contributed by atoms with Gasteiger partial charge in [0.05, 0.1) is 39.3 Å². The van der Waals surface area contributed by atoms with Gasteiger partial charge in [-0.1, -0.05) is 121 Å². The summed E-state index contributed by atoms with van der Waals surface area (Å²) in [4.78, 5) is 15.5. The van der Waals surface area contributed by atoms with Crippen molar-refractivity contribution < 1.29 is 0 Å². The molecule has 0 aliphatic carbocycles. The predicted molar refractivity (Wildman–Crippen MR) is 225 cm³/mol. The molecule has 0 saturated carbocycles. The maximum absolute atomic E-state index is 4.03. The monoisotopic (exact) mass is 928 g/mol. The van der Waals surface area contributed by atoms with Crippen LogP contribution in [0.25, 0.3) is 22.3 Å². The summed E-state index contributed by atoms with van der Waals surface area (Å²) in [5.41, 5.74) is 12.4. The zero-order valence-corrected chi connectivity index (χ0v) is 33.7. The molecule has 5 heterocycles. The molecule has 0 saturated heterocycles. The van der Waals surface area contributed by atoms with E-state index in [0.29, 0.717) is 0 Å². The third-order valence-corrected chi connectivity index (χ3v) is 13.7. The van der Waals surface area contributed by atoms with Crippen LogP contribution in [0.3, 0.4) is 0 Å². The van der Waals surface area contributed by atoms with E-state index < -0.39 is 0 Å². The summed E-state index contributed by atoms with van der Waals surface area (Å²) in [6, 6.07) is 50.8. The van der Waals surface area contributed by atoms with Gasteiger partial charge in [0.15, 0.2) is 0 Å². The second-order valence-corrected chi connectivity index (χ2v) is 15.7. The minimum absolute atomic E-state index is 0.936. The van der Waals surface area contributed by atoms with E-state index in [4.69, 9.17) is 0 Å². The molecule has 0 radical (unpaired) electrons. The fraction of sp³-hybridized carbons (Fsp3) is 0. The van der Waals surface area contributed by atoms with Gasteiger partial charge in [0.25, 0.3) is 0 Å². The average molecular weight is 932 g/mol. The summed E-state index contributed by atoms with van der Waals surface area (Å²) >= 11 is 16.1. The third kappa shape index (κ3) is 5.69. The summed E-state index contributed by atoms with van der Waals surface area (Å²) < 4.78 is 3.74. The predicted octanol–water partition coefficient (Wildman–Crippen LogP) is 9.35. The van der Waals surface area contributed by atoms with E-state index in [9.17, 15) is 0 Å². The number of aromatic amines is 4. The molecule has 9 rings (SSSR count). The Balaban J connectivity index is 1.52. The minimum atomic E-state index is 0.936. The van der Waals surface area contributed by atoms with E-state index in [2.05, 4.69) is 229 Å². The van der Waals surface area contributed by atoms with Crippen molar-refractivity contribution in [2.75, 3.05) is 0 Å². The number of benzene rings is 4. The number of halogens is 4. The van der Waals surface area contributed by atoms with Crippen molar-refractivity contribution >= 4 is 86.0 Å².